The molecule has 0 aliphatic heterocycles. The van der Waals surface area contributed by atoms with E-state index >= 15 is 0 Å². The van der Waals surface area contributed by atoms with Gasteiger partial charge in [0.2, 0.25) is 5.91 Å². The van der Waals surface area contributed by atoms with Crippen molar-refractivity contribution in [3.63, 3.8) is 0 Å². The average molecular weight is 244 g/mol. The molecule has 1 aromatic rings. The van der Waals surface area contributed by atoms with Gasteiger partial charge in [0, 0.05) is 26.2 Å². The molecule has 6 heteroatoms. The van der Waals surface area contributed by atoms with E-state index in [1.54, 1.807) is 7.11 Å². The van der Waals surface area contributed by atoms with Crippen LogP contribution >= 0.6 is 11.6 Å². The van der Waals surface area contributed by atoms with Crippen LogP contribution in [0, 0.1) is 5.92 Å². The Hall–Kier alpha value is -1.20. The Balaban J connectivity index is 2.45. The number of ether oxygens (including phenoxy) is 1. The Labute approximate surface area is 99.2 Å². The number of halogens is 1. The molecule has 1 unspecified atom stereocenters. The first kappa shape index (κ1) is 12.9. The number of nitrogens with one attached hydrogen (secondary N) is 1. The third-order valence-electron chi connectivity index (χ3n) is 1.89. The largest absolute Gasteiger partial charge is 0.384 e. The number of nitrogens with zero attached hydrogens (tertiary/aromatic N) is 2. The number of anilines is 1. The monoisotopic (exact) mass is 243 g/mol. The Kier molecular flexibility index (Phi) is 5.14. The molecule has 1 amide bonds. The van der Waals surface area contributed by atoms with Crippen molar-refractivity contribution in [3.8, 4) is 0 Å². The minimum Gasteiger partial charge on any atom is -0.384 e. The van der Waals surface area contributed by atoms with E-state index in [2.05, 4.69) is 15.3 Å². The van der Waals surface area contributed by atoms with Crippen LogP contribution in [0.4, 0.5) is 5.82 Å². The van der Waals surface area contributed by atoms with Crippen LogP contribution in [-0.2, 0) is 9.53 Å². The zero-order valence-corrected chi connectivity index (χ0v) is 9.99. The molecule has 1 atom stereocenters. The van der Waals surface area contributed by atoms with Crippen molar-refractivity contribution in [2.45, 2.75) is 13.3 Å². The quantitative estimate of drug-likeness (QED) is 0.800. The molecule has 0 spiro atoms. The maximum absolute atomic E-state index is 11.5. The van der Waals surface area contributed by atoms with Crippen LogP contribution in [0.3, 0.4) is 0 Å². The van der Waals surface area contributed by atoms with Crippen LogP contribution in [0.5, 0.6) is 0 Å². The number of hydrogen-bond acceptors (Lipinski definition) is 4. The van der Waals surface area contributed by atoms with Gasteiger partial charge in [-0.3, -0.25) is 4.79 Å². The first-order valence-electron chi connectivity index (χ1n) is 4.88. The maximum Gasteiger partial charge on any atom is 0.225 e. The van der Waals surface area contributed by atoms with Crippen LogP contribution < -0.4 is 5.32 Å². The van der Waals surface area contributed by atoms with Gasteiger partial charge < -0.3 is 10.1 Å². The molecule has 0 saturated carbocycles. The first-order valence-corrected chi connectivity index (χ1v) is 5.26. The Morgan fingerprint density at radius 1 is 1.62 bits per heavy atom. The van der Waals surface area contributed by atoms with E-state index in [1.807, 2.05) is 6.92 Å². The zero-order valence-electron chi connectivity index (χ0n) is 9.24. The second-order valence-corrected chi connectivity index (χ2v) is 3.93. The fraction of sp³-hybridized carbons (Fsp3) is 0.500. The smallest absolute Gasteiger partial charge is 0.225 e. The number of rotatable bonds is 5. The molecule has 0 saturated heterocycles. The average Bonchev–Trinajstić information content (AvgIpc) is 2.17. The Morgan fingerprint density at radius 3 is 3.00 bits per heavy atom. The summed E-state index contributed by atoms with van der Waals surface area (Å²) < 4.78 is 4.95. The summed E-state index contributed by atoms with van der Waals surface area (Å²) in [5.41, 5.74) is 0. The van der Waals surface area contributed by atoms with Gasteiger partial charge in [0.05, 0.1) is 0 Å². The molecule has 0 aromatic carbocycles. The van der Waals surface area contributed by atoms with Crippen molar-refractivity contribution in [1.29, 1.82) is 0 Å². The van der Waals surface area contributed by atoms with E-state index in [9.17, 15) is 4.79 Å². The van der Waals surface area contributed by atoms with Gasteiger partial charge in [-0.15, -0.1) is 0 Å². The summed E-state index contributed by atoms with van der Waals surface area (Å²) in [7, 11) is 1.61. The molecule has 88 valence electrons. The molecule has 16 heavy (non-hydrogen) atoms. The third-order valence-corrected chi connectivity index (χ3v) is 2.09. The summed E-state index contributed by atoms with van der Waals surface area (Å²) in [6.45, 7) is 2.49. The van der Waals surface area contributed by atoms with Crippen molar-refractivity contribution in [1.82, 2.24) is 9.97 Å². The summed E-state index contributed by atoms with van der Waals surface area (Å²) in [6.07, 6.45) is 1.69. The van der Waals surface area contributed by atoms with Crippen LogP contribution in [0.25, 0.3) is 0 Å². The topological polar surface area (TPSA) is 64.1 Å². The molecule has 1 rings (SSSR count). The molecule has 0 bridgehead atoms. The molecule has 0 aliphatic carbocycles. The molecular formula is C10H14ClN3O2. The van der Waals surface area contributed by atoms with Gasteiger partial charge in [0.25, 0.3) is 0 Å². The van der Waals surface area contributed by atoms with Gasteiger partial charge in [-0.2, -0.15) is 0 Å². The van der Waals surface area contributed by atoms with Crippen LogP contribution in [0.1, 0.15) is 13.3 Å². The Bertz CT molecular complexity index is 360. The normalized spacial score (nSPS) is 12.2. The van der Waals surface area contributed by atoms with Crippen molar-refractivity contribution < 1.29 is 9.53 Å². The summed E-state index contributed by atoms with van der Waals surface area (Å²) in [6, 6.07) is 1.50. The number of amides is 1. The van der Waals surface area contributed by atoms with E-state index in [1.165, 1.54) is 12.4 Å². The lowest BCUT2D eigenvalue weighted by atomic mass is 10.1. The SMILES string of the molecule is COCC(C)CC(=O)Nc1cc(Cl)ncn1. The summed E-state index contributed by atoms with van der Waals surface area (Å²) >= 11 is 5.66. The lowest BCUT2D eigenvalue weighted by Gasteiger charge is -2.09. The molecule has 1 aromatic heterocycles. The number of aromatic nitrogens is 2. The summed E-state index contributed by atoms with van der Waals surface area (Å²) in [5.74, 6) is 0.469. The zero-order chi connectivity index (χ0) is 12.0. The summed E-state index contributed by atoms with van der Waals surface area (Å²) in [5, 5.41) is 2.94. The minimum atomic E-state index is -0.112. The number of hydrogen-bond donors (Lipinski definition) is 1. The van der Waals surface area contributed by atoms with E-state index < -0.39 is 0 Å². The van der Waals surface area contributed by atoms with Gasteiger partial charge >= 0.3 is 0 Å². The van der Waals surface area contributed by atoms with Crippen LogP contribution in [0.15, 0.2) is 12.4 Å². The highest BCUT2D eigenvalue weighted by Crippen LogP contribution is 2.10. The maximum atomic E-state index is 11.5. The van der Waals surface area contributed by atoms with Gasteiger partial charge in [0.1, 0.15) is 17.3 Å². The van der Waals surface area contributed by atoms with E-state index in [4.69, 9.17) is 16.3 Å². The highest BCUT2D eigenvalue weighted by molar-refractivity contribution is 6.29. The predicted octanol–water partition coefficient (Wildman–Crippen LogP) is 1.74. The number of carbonyl (C=O) groups is 1. The standard InChI is InChI=1S/C10H14ClN3O2/c1-7(5-16-2)3-10(15)14-9-4-8(11)12-6-13-9/h4,6-7H,3,5H2,1-2H3,(H,12,13,14,15). The van der Waals surface area contributed by atoms with Crippen LogP contribution in [-0.4, -0.2) is 29.6 Å². The predicted molar refractivity (Wildman–Crippen MR) is 61.3 cm³/mol. The van der Waals surface area contributed by atoms with E-state index in [0.29, 0.717) is 24.0 Å². The first-order chi connectivity index (χ1) is 7.61. The van der Waals surface area contributed by atoms with Gasteiger partial charge in [0.15, 0.2) is 0 Å². The fourth-order valence-electron chi connectivity index (χ4n) is 1.26. The minimum absolute atomic E-state index is 0.112. The summed E-state index contributed by atoms with van der Waals surface area (Å²) in [4.78, 5) is 19.1. The lowest BCUT2D eigenvalue weighted by molar-refractivity contribution is -0.117. The fourth-order valence-corrected chi connectivity index (χ4v) is 1.40. The van der Waals surface area contributed by atoms with Crippen molar-refractivity contribution in [2.75, 3.05) is 19.0 Å². The molecular weight excluding hydrogens is 230 g/mol. The van der Waals surface area contributed by atoms with Crippen molar-refractivity contribution >= 4 is 23.3 Å². The third kappa shape index (κ3) is 4.55. The highest BCUT2D eigenvalue weighted by atomic mass is 35.5. The number of carbonyl (C=O) groups excluding carboxylic acids is 1. The van der Waals surface area contributed by atoms with Crippen molar-refractivity contribution in [2.24, 2.45) is 5.92 Å². The Morgan fingerprint density at radius 2 is 2.38 bits per heavy atom. The van der Waals surface area contributed by atoms with Gasteiger partial charge in [-0.05, 0) is 5.92 Å². The van der Waals surface area contributed by atoms with Gasteiger partial charge in [-0.1, -0.05) is 18.5 Å². The molecule has 5 nitrogen and oxygen atoms in total. The molecule has 0 fully saturated rings. The van der Waals surface area contributed by atoms with Crippen LogP contribution in [0.2, 0.25) is 5.15 Å². The number of methoxy groups -OCH3 is 1. The molecule has 0 radical (unpaired) electrons. The van der Waals surface area contributed by atoms with E-state index in [0.717, 1.165) is 0 Å². The second-order valence-electron chi connectivity index (χ2n) is 3.54. The second kappa shape index (κ2) is 6.40. The highest BCUT2D eigenvalue weighted by Gasteiger charge is 2.09. The molecule has 1 heterocycles. The van der Waals surface area contributed by atoms with Crippen molar-refractivity contribution in [3.05, 3.63) is 17.5 Å². The van der Waals surface area contributed by atoms with Gasteiger partial charge in [-0.25, -0.2) is 9.97 Å². The van der Waals surface area contributed by atoms with E-state index in [-0.39, 0.29) is 11.8 Å². The molecule has 0 aliphatic rings. The lowest BCUT2D eigenvalue weighted by Crippen LogP contribution is -2.18. The molecule has 1 N–H and O–H groups in total.